The summed E-state index contributed by atoms with van der Waals surface area (Å²) >= 11 is 0. The summed E-state index contributed by atoms with van der Waals surface area (Å²) in [6, 6.07) is 47.6. The number of benzene rings is 4. The summed E-state index contributed by atoms with van der Waals surface area (Å²) in [5, 5.41) is 31.3. The van der Waals surface area contributed by atoms with E-state index < -0.39 is 0 Å². The van der Waals surface area contributed by atoms with Crippen molar-refractivity contribution < 1.29 is 32.0 Å². The zero-order valence-corrected chi connectivity index (χ0v) is 65.4. The van der Waals surface area contributed by atoms with E-state index in [0.717, 1.165) is 153 Å². The van der Waals surface area contributed by atoms with Crippen molar-refractivity contribution in [3.63, 3.8) is 0 Å². The Morgan fingerprint density at radius 2 is 0.725 bits per heavy atom. The van der Waals surface area contributed by atoms with Gasteiger partial charge in [-0.3, -0.25) is 17.6 Å². The van der Waals surface area contributed by atoms with E-state index in [1.54, 1.807) is 27.2 Å². The fraction of sp³-hybridized carbons (Fsp3) is 0.279. The quantitative estimate of drug-likeness (QED) is 0.0791. The molecule has 12 aromatic heterocycles. The van der Waals surface area contributed by atoms with Crippen LogP contribution in [0.25, 0.3) is 112 Å². The third-order valence-corrected chi connectivity index (χ3v) is 18.1. The highest BCUT2D eigenvalue weighted by molar-refractivity contribution is 5.89. The Morgan fingerprint density at radius 3 is 1.11 bits per heavy atom. The first-order valence-electron chi connectivity index (χ1n) is 36.3. The summed E-state index contributed by atoms with van der Waals surface area (Å²) in [7, 11) is 3.36. The van der Waals surface area contributed by atoms with Crippen molar-refractivity contribution in [1.29, 1.82) is 0 Å². The summed E-state index contributed by atoms with van der Waals surface area (Å²) < 4.78 is 56.0. The molecule has 0 unspecified atom stereocenters. The average Bonchev–Trinajstić information content (AvgIpc) is 1.64. The van der Waals surface area contributed by atoms with E-state index in [0.29, 0.717) is 33.8 Å². The van der Waals surface area contributed by atoms with Gasteiger partial charge in [0, 0.05) is 91.8 Å². The third-order valence-electron chi connectivity index (χ3n) is 18.1. The Bertz CT molecular complexity index is 5920. The molecule has 0 radical (unpaired) electrons. The van der Waals surface area contributed by atoms with Crippen molar-refractivity contribution in [3.05, 3.63) is 216 Å². The summed E-state index contributed by atoms with van der Waals surface area (Å²) in [5.41, 5.74) is 19.4. The van der Waals surface area contributed by atoms with E-state index in [-0.39, 0.29) is 28.5 Å². The number of aromatic nitrogens is 12. The largest absolute Gasteiger partial charge is 0.496 e. The van der Waals surface area contributed by atoms with Crippen LogP contribution < -0.4 is 30.7 Å². The molecule has 0 fully saturated rings. The number of nitrogens with zero attached hydrogens (tertiary/aromatic N) is 12. The number of hydrogen-bond donors (Lipinski definition) is 4. The lowest BCUT2D eigenvalue weighted by Gasteiger charge is -2.23. The fourth-order valence-electron chi connectivity index (χ4n) is 13.4. The van der Waals surface area contributed by atoms with Gasteiger partial charge >= 0.3 is 0 Å². The van der Waals surface area contributed by atoms with Gasteiger partial charge in [0.2, 0.25) is 0 Å². The lowest BCUT2D eigenvalue weighted by atomic mass is 10.00. The summed E-state index contributed by atoms with van der Waals surface area (Å²) in [6.45, 7) is 36.6. The van der Waals surface area contributed by atoms with Crippen molar-refractivity contribution in [2.75, 3.05) is 35.5 Å². The molecule has 16 rings (SSSR count). The number of anilines is 4. The minimum Gasteiger partial charge on any atom is -0.496 e. The van der Waals surface area contributed by atoms with Gasteiger partial charge in [-0.05, 0) is 233 Å². The number of aryl methyl sites for hydroxylation is 7. The highest BCUT2D eigenvalue weighted by Gasteiger charge is 2.27. The zero-order chi connectivity index (χ0) is 77.5. The van der Waals surface area contributed by atoms with Crippen LogP contribution in [-0.4, -0.2) is 95.0 Å². The molecule has 0 spiro atoms. The zero-order valence-electron chi connectivity index (χ0n) is 65.4. The lowest BCUT2D eigenvalue weighted by Crippen LogP contribution is -2.27. The molecule has 0 saturated heterocycles. The predicted octanol–water partition coefficient (Wildman–Crippen LogP) is 20.9. The maximum absolute atomic E-state index is 15.1. The van der Waals surface area contributed by atoms with Crippen molar-refractivity contribution >= 4 is 56.8 Å². The second-order valence-corrected chi connectivity index (χ2v) is 30.5. The molecule has 4 N–H and O–H groups in total. The van der Waals surface area contributed by atoms with Crippen molar-refractivity contribution in [1.82, 2.24) is 58.2 Å². The number of pyridine rings is 4. The molecule has 0 bridgehead atoms. The average molecular weight is 1470 g/mol. The molecular formula is C86H93FN16O6. The molecule has 0 atom stereocenters. The number of hydrogen-bond acceptors (Lipinski definition) is 18. The van der Waals surface area contributed by atoms with Gasteiger partial charge < -0.3 is 48.8 Å². The molecule has 22 nitrogen and oxygen atoms in total. The van der Waals surface area contributed by atoms with Gasteiger partial charge in [-0.1, -0.05) is 69.2 Å². The Hall–Kier alpha value is -12.5. The second-order valence-electron chi connectivity index (χ2n) is 30.5. The first-order valence-corrected chi connectivity index (χ1v) is 36.3. The van der Waals surface area contributed by atoms with E-state index in [1.807, 2.05) is 180 Å². The fourth-order valence-corrected chi connectivity index (χ4v) is 13.4. The Balaban J connectivity index is 0.000000128. The van der Waals surface area contributed by atoms with Gasteiger partial charge in [0.05, 0.1) is 42.6 Å². The van der Waals surface area contributed by atoms with Crippen molar-refractivity contribution in [2.24, 2.45) is 0 Å². The topological polar surface area (TPSA) is 240 Å². The molecule has 12 heterocycles. The van der Waals surface area contributed by atoms with E-state index in [1.165, 1.54) is 6.07 Å². The number of methoxy groups -OCH3 is 2. The Kier molecular flexibility index (Phi) is 20.6. The Labute approximate surface area is 632 Å². The standard InChI is InChI=1S/C23H26N4O2.C22H23FN4O.C22H24N4O2.C19H20N4O/c1-14-20(15(2)29-26-14)16-10-11-17(18(13-16)28-6)21-22(25-23(3,4)5)27-12-8-7-9-19(27)24-21;1-13-19(14(2)28-26-13)16-10-9-15(12-17(16)23)20-21(25-22(3,4)5)27-11-7-6-8-18(27)24-20;1-13(2)23-22-21(24-19-8-6-7-11-26(19)22)17-10-9-16(12-18(17)27-5)20-14(3)25-28-15(20)4;1-12-14-11-13(8-9-15(14)24-22-12)17-18(21-19(2,3)4)23-10-6-5-7-16(23)20-17/h7-13,25H,1-6H3;6-12,25H,1-5H3;6-13,23H,1-5H3;5-11,21H,1-4H3. The molecular weight excluding hydrogens is 1370 g/mol. The highest BCUT2D eigenvalue weighted by atomic mass is 19.1. The van der Waals surface area contributed by atoms with Crippen LogP contribution >= 0.6 is 0 Å². The molecule has 109 heavy (non-hydrogen) atoms. The minimum absolute atomic E-state index is 0.0717. The van der Waals surface area contributed by atoms with Gasteiger partial charge in [0.15, 0.2) is 5.58 Å². The van der Waals surface area contributed by atoms with Gasteiger partial charge in [0.25, 0.3) is 0 Å². The van der Waals surface area contributed by atoms with E-state index >= 15 is 4.39 Å². The number of imidazole rings is 4. The van der Waals surface area contributed by atoms with Crippen LogP contribution in [0.15, 0.2) is 188 Å². The maximum Gasteiger partial charge on any atom is 0.167 e. The van der Waals surface area contributed by atoms with Crippen LogP contribution in [0.2, 0.25) is 0 Å². The molecule has 0 saturated carbocycles. The van der Waals surface area contributed by atoms with Crippen LogP contribution in [0, 0.1) is 54.3 Å². The number of nitrogens with one attached hydrogen (secondary N) is 4. The van der Waals surface area contributed by atoms with Crippen LogP contribution in [0.4, 0.5) is 27.7 Å². The van der Waals surface area contributed by atoms with Crippen LogP contribution in [0.3, 0.4) is 0 Å². The molecule has 0 aliphatic heterocycles. The first kappa shape index (κ1) is 74.7. The molecule has 0 amide bonds. The lowest BCUT2D eigenvalue weighted by molar-refractivity contribution is 0.393. The summed E-state index contributed by atoms with van der Waals surface area (Å²) in [6.07, 6.45) is 8.02. The number of ether oxygens (including phenoxy) is 2. The predicted molar refractivity (Wildman–Crippen MR) is 432 cm³/mol. The van der Waals surface area contributed by atoms with Gasteiger partial charge in [-0.15, -0.1) is 0 Å². The molecule has 4 aromatic carbocycles. The monoisotopic (exact) mass is 1460 g/mol. The third kappa shape index (κ3) is 15.7. The number of rotatable bonds is 14. The molecule has 23 heteroatoms. The SMILES string of the molecule is COc1cc(-c2c(C)noc2C)ccc1-c1nc2ccccn2c1NC(C)(C)C.COc1cc(-c2c(C)noc2C)ccc1-c1nc2ccccn2c1NC(C)C.Cc1noc(C)c1-c1ccc(-c2nc3ccccn3c2NC(C)(C)C)cc1F.Cc1noc2ccc(-c3nc4ccccn4c3NC(C)(C)C)cc12. The summed E-state index contributed by atoms with van der Waals surface area (Å²) in [4.78, 5) is 19.3. The van der Waals surface area contributed by atoms with E-state index in [2.05, 4.69) is 156 Å². The smallest absolute Gasteiger partial charge is 0.167 e. The van der Waals surface area contributed by atoms with Crippen molar-refractivity contribution in [3.8, 4) is 89.9 Å². The second kappa shape index (κ2) is 30.0. The molecule has 16 aromatic rings. The first-order chi connectivity index (χ1) is 51.9. The van der Waals surface area contributed by atoms with Crippen LogP contribution in [0.5, 0.6) is 11.5 Å². The normalized spacial score (nSPS) is 11.8. The Morgan fingerprint density at radius 1 is 0.376 bits per heavy atom. The molecule has 0 aliphatic carbocycles. The van der Waals surface area contributed by atoms with Gasteiger partial charge in [-0.25, -0.2) is 24.3 Å². The van der Waals surface area contributed by atoms with E-state index in [9.17, 15) is 0 Å². The minimum atomic E-state index is -0.328. The molecule has 0 aliphatic rings. The number of halogens is 1. The maximum atomic E-state index is 15.1. The van der Waals surface area contributed by atoms with Gasteiger partial charge in [0.1, 0.15) is 103 Å². The van der Waals surface area contributed by atoms with Gasteiger partial charge in [-0.2, -0.15) is 0 Å². The van der Waals surface area contributed by atoms with Crippen LogP contribution in [0.1, 0.15) is 116 Å². The highest BCUT2D eigenvalue weighted by Crippen LogP contribution is 2.43. The summed E-state index contributed by atoms with van der Waals surface area (Å²) in [5.74, 6) is 7.10. The molecule has 560 valence electrons. The number of fused-ring (bicyclic) bond motifs is 5. The van der Waals surface area contributed by atoms with E-state index in [4.69, 9.17) is 47.5 Å². The van der Waals surface area contributed by atoms with Crippen LogP contribution in [-0.2, 0) is 0 Å². The van der Waals surface area contributed by atoms with Crippen molar-refractivity contribution in [2.45, 2.75) is 147 Å².